The lowest BCUT2D eigenvalue weighted by molar-refractivity contribution is 0.0212. The molecule has 0 aromatic heterocycles. The third kappa shape index (κ3) is 6.61. The van der Waals surface area contributed by atoms with E-state index in [-0.39, 0.29) is 12.1 Å². The summed E-state index contributed by atoms with van der Waals surface area (Å²) < 4.78 is 15.4. The highest BCUT2D eigenvalue weighted by Gasteiger charge is 2.39. The second-order valence-electron chi connectivity index (χ2n) is 10.8. The molecule has 0 N–H and O–H groups in total. The van der Waals surface area contributed by atoms with E-state index in [4.69, 9.17) is 15.6 Å². The van der Waals surface area contributed by atoms with Crippen LogP contribution in [0.15, 0.2) is 30.3 Å². The van der Waals surface area contributed by atoms with Gasteiger partial charge in [-0.3, -0.25) is 9.69 Å². The third-order valence-electron chi connectivity index (χ3n) is 7.55. The van der Waals surface area contributed by atoms with Gasteiger partial charge in [-0.1, -0.05) is 37.1 Å². The summed E-state index contributed by atoms with van der Waals surface area (Å²) in [5, 5.41) is 0. The molecule has 3 atom stereocenters. The number of carbonyl (C=O) groups excluding carboxylic acids is 1. The normalized spacial score (nSPS) is 25.2. The van der Waals surface area contributed by atoms with Crippen molar-refractivity contribution in [3.63, 3.8) is 0 Å². The molecule has 1 aromatic rings. The molecule has 7 nitrogen and oxygen atoms in total. The second-order valence-corrected chi connectivity index (χ2v) is 12.2. The molecular formula is C29H43N4O3P. The van der Waals surface area contributed by atoms with E-state index in [9.17, 15) is 4.79 Å². The summed E-state index contributed by atoms with van der Waals surface area (Å²) in [7, 11) is -1.26. The highest BCUT2D eigenvalue weighted by Crippen LogP contribution is 2.49. The molecule has 37 heavy (non-hydrogen) atoms. The zero-order chi connectivity index (χ0) is 26.4. The first-order valence-electron chi connectivity index (χ1n) is 14.0. The van der Waals surface area contributed by atoms with Gasteiger partial charge >= 0.3 is 0 Å². The predicted octanol–water partition coefficient (Wildman–Crippen LogP) is 6.54. The van der Waals surface area contributed by atoms with Crippen molar-refractivity contribution < 1.29 is 13.8 Å². The maximum Gasteiger partial charge on any atom is 0.261 e. The van der Waals surface area contributed by atoms with Crippen LogP contribution in [0.4, 0.5) is 0 Å². The molecule has 202 valence electrons. The Labute approximate surface area is 224 Å². The minimum atomic E-state index is -1.26. The fraction of sp³-hybridized carbons (Fsp3) is 0.655. The van der Waals surface area contributed by atoms with Crippen molar-refractivity contribution in [2.24, 2.45) is 0 Å². The Kier molecular flexibility index (Phi) is 10.1. The van der Waals surface area contributed by atoms with Crippen LogP contribution in [-0.2, 0) is 9.05 Å². The van der Waals surface area contributed by atoms with Gasteiger partial charge in [0.05, 0.1) is 0 Å². The standard InChI is InChI=1S/C29H43N4O3P/c1-22(2)33(23(3)4)37(35-21-18-30-5)36-28-17-15-24-14-16-27-25-12-8-9-13-26(25)29(34)32(27)20-11-7-6-10-19-31(24)28/h8-9,12-13,16,22-24,28H,6-7,10-11,14-15,17-21H2,1-4H3/b27-16-/t24-,28-,37?/m1/s1. The van der Waals surface area contributed by atoms with E-state index in [1.54, 1.807) is 0 Å². The smallest absolute Gasteiger partial charge is 0.261 e. The van der Waals surface area contributed by atoms with Crippen LogP contribution in [0.5, 0.6) is 0 Å². The van der Waals surface area contributed by atoms with Crippen LogP contribution in [0.25, 0.3) is 10.5 Å². The van der Waals surface area contributed by atoms with Crippen LogP contribution in [0.1, 0.15) is 88.6 Å². The lowest BCUT2D eigenvalue weighted by atomic mass is 10.0. The lowest BCUT2D eigenvalue weighted by Crippen LogP contribution is -2.40. The number of carbonyl (C=O) groups is 1. The molecule has 0 spiro atoms. The molecular weight excluding hydrogens is 483 g/mol. The van der Waals surface area contributed by atoms with Gasteiger partial charge in [-0.15, -0.1) is 0 Å². The summed E-state index contributed by atoms with van der Waals surface area (Å²) in [6, 6.07) is 9.00. The predicted molar refractivity (Wildman–Crippen MR) is 150 cm³/mol. The first-order chi connectivity index (χ1) is 17.9. The molecule has 1 amide bonds. The molecule has 1 aromatic carbocycles. The van der Waals surface area contributed by atoms with Gasteiger partial charge in [-0.2, -0.15) is 0 Å². The summed E-state index contributed by atoms with van der Waals surface area (Å²) in [5.41, 5.74) is 2.99. The van der Waals surface area contributed by atoms with Gasteiger partial charge in [0.25, 0.3) is 14.4 Å². The van der Waals surface area contributed by atoms with E-state index >= 15 is 0 Å². The first kappa shape index (κ1) is 28.2. The molecule has 1 fully saturated rings. The molecule has 3 aliphatic heterocycles. The topological polar surface area (TPSA) is 49.6 Å². The number of amides is 1. The zero-order valence-corrected chi connectivity index (χ0v) is 23.8. The van der Waals surface area contributed by atoms with Gasteiger partial charge in [0.1, 0.15) is 12.8 Å². The van der Waals surface area contributed by atoms with Gasteiger partial charge in [0.2, 0.25) is 6.54 Å². The van der Waals surface area contributed by atoms with Gasteiger partial charge in [-0.05, 0) is 65.9 Å². The van der Waals surface area contributed by atoms with Crippen LogP contribution < -0.4 is 0 Å². The average molecular weight is 527 g/mol. The molecule has 3 aliphatic rings. The molecule has 0 bridgehead atoms. The number of nitrogens with zero attached hydrogens (tertiary/aromatic N) is 4. The van der Waals surface area contributed by atoms with Crippen molar-refractivity contribution in [3.05, 3.63) is 52.9 Å². The monoisotopic (exact) mass is 526 g/mol. The van der Waals surface area contributed by atoms with Crippen molar-refractivity contribution in [3.8, 4) is 0 Å². The molecule has 1 unspecified atom stereocenters. The van der Waals surface area contributed by atoms with Gasteiger partial charge < -0.3 is 18.8 Å². The Morgan fingerprint density at radius 1 is 1.05 bits per heavy atom. The Hall–Kier alpha value is -1.81. The van der Waals surface area contributed by atoms with Crippen LogP contribution in [-0.4, -0.2) is 71.0 Å². The Balaban J connectivity index is 1.55. The molecule has 3 heterocycles. The van der Waals surface area contributed by atoms with Crippen molar-refractivity contribution in [2.45, 2.75) is 97.0 Å². The zero-order valence-electron chi connectivity index (χ0n) is 22.9. The average Bonchev–Trinajstić information content (AvgIpc) is 3.36. The van der Waals surface area contributed by atoms with Crippen molar-refractivity contribution in [2.75, 3.05) is 26.2 Å². The molecule has 0 aliphatic carbocycles. The number of hydrogen-bond donors (Lipinski definition) is 0. The molecule has 0 radical (unpaired) electrons. The quantitative estimate of drug-likeness (QED) is 0.219. The summed E-state index contributed by atoms with van der Waals surface area (Å²) in [6.07, 6.45) is 9.70. The number of rotatable bonds is 8. The van der Waals surface area contributed by atoms with Gasteiger partial charge in [0.15, 0.2) is 0 Å². The summed E-state index contributed by atoms with van der Waals surface area (Å²) in [5.74, 6) is 0.146. The van der Waals surface area contributed by atoms with Crippen LogP contribution in [0, 0.1) is 6.57 Å². The van der Waals surface area contributed by atoms with Crippen LogP contribution in [0.3, 0.4) is 0 Å². The Bertz CT molecular complexity index is 984. The van der Waals surface area contributed by atoms with E-state index in [2.05, 4.69) is 54.3 Å². The molecule has 1 saturated heterocycles. The Morgan fingerprint density at radius 3 is 2.46 bits per heavy atom. The fourth-order valence-corrected chi connectivity index (χ4v) is 7.62. The molecule has 4 rings (SSSR count). The Morgan fingerprint density at radius 2 is 1.76 bits per heavy atom. The molecule has 8 heteroatoms. The third-order valence-corrected chi connectivity index (χ3v) is 9.68. The van der Waals surface area contributed by atoms with Crippen molar-refractivity contribution in [1.82, 2.24) is 14.5 Å². The van der Waals surface area contributed by atoms with E-state index < -0.39 is 8.53 Å². The van der Waals surface area contributed by atoms with Gasteiger partial charge in [-0.25, -0.2) is 11.2 Å². The second kappa shape index (κ2) is 13.3. The highest BCUT2D eigenvalue weighted by atomic mass is 31.2. The minimum Gasteiger partial charge on any atom is -0.314 e. The van der Waals surface area contributed by atoms with Crippen molar-refractivity contribution >= 4 is 20.1 Å². The van der Waals surface area contributed by atoms with Crippen molar-refractivity contribution in [1.29, 1.82) is 0 Å². The van der Waals surface area contributed by atoms with E-state index in [1.165, 1.54) is 0 Å². The van der Waals surface area contributed by atoms with Crippen LogP contribution in [0.2, 0.25) is 0 Å². The summed E-state index contributed by atoms with van der Waals surface area (Å²) >= 11 is 0. The van der Waals surface area contributed by atoms with E-state index in [1.807, 2.05) is 23.1 Å². The maximum absolute atomic E-state index is 13.2. The number of hydrogen-bond acceptors (Lipinski definition) is 5. The SMILES string of the molecule is [C-]#[N+]CCOP(O[C@@H]1CC[C@H]2C/C=C3/c4ccccc4C(=O)N3CCCCCCN21)N(C(C)C)C(C)C. The molecule has 0 saturated carbocycles. The maximum atomic E-state index is 13.2. The van der Waals surface area contributed by atoms with Gasteiger partial charge in [0, 0.05) is 48.0 Å². The number of fused-ring (bicyclic) bond motifs is 4. The largest absolute Gasteiger partial charge is 0.314 e. The van der Waals surface area contributed by atoms with E-state index in [0.717, 1.165) is 74.9 Å². The van der Waals surface area contributed by atoms with E-state index in [0.29, 0.717) is 31.3 Å². The lowest BCUT2D eigenvalue weighted by Gasteiger charge is -2.39. The first-order valence-corrected chi connectivity index (χ1v) is 15.1. The summed E-state index contributed by atoms with van der Waals surface area (Å²) in [4.78, 5) is 21.2. The number of benzene rings is 1. The van der Waals surface area contributed by atoms with Crippen LogP contribution >= 0.6 is 8.53 Å². The fourth-order valence-electron chi connectivity index (χ4n) is 5.89. The minimum absolute atomic E-state index is 0.0130. The summed E-state index contributed by atoms with van der Waals surface area (Å²) in [6.45, 7) is 18.5. The highest BCUT2D eigenvalue weighted by molar-refractivity contribution is 7.44.